The summed E-state index contributed by atoms with van der Waals surface area (Å²) in [7, 11) is 3.19. The molecule has 3 aromatic carbocycles. The van der Waals surface area contributed by atoms with Crippen LogP contribution in [0.5, 0.6) is 23.0 Å². The predicted molar refractivity (Wildman–Crippen MR) is 133 cm³/mol. The molecule has 0 aromatic heterocycles. The summed E-state index contributed by atoms with van der Waals surface area (Å²) < 4.78 is 22.4. The molecule has 1 aliphatic heterocycles. The number of benzene rings is 3. The molecule has 0 saturated heterocycles. The minimum Gasteiger partial charge on any atom is -0.497 e. The van der Waals surface area contributed by atoms with Crippen LogP contribution in [0.25, 0.3) is 0 Å². The fourth-order valence-electron chi connectivity index (χ4n) is 4.31. The number of hydrogen-bond donors (Lipinski definition) is 0. The number of nitrogens with zero attached hydrogens (tertiary/aromatic N) is 1. The molecule has 3 aromatic rings. The van der Waals surface area contributed by atoms with E-state index in [0.717, 1.165) is 22.4 Å². The average molecular weight is 482 g/mol. The van der Waals surface area contributed by atoms with E-state index in [9.17, 15) is 4.79 Å². The van der Waals surface area contributed by atoms with Crippen molar-refractivity contribution in [1.82, 2.24) is 0 Å². The molecule has 0 bridgehead atoms. The van der Waals surface area contributed by atoms with Crippen molar-refractivity contribution in [2.24, 2.45) is 0 Å². The second kappa shape index (κ2) is 10.3. The van der Waals surface area contributed by atoms with Gasteiger partial charge < -0.3 is 23.8 Å². The summed E-state index contributed by atoms with van der Waals surface area (Å²) in [4.78, 5) is 15.3. The van der Waals surface area contributed by atoms with Crippen molar-refractivity contribution in [2.75, 3.05) is 32.3 Å². The lowest BCUT2D eigenvalue weighted by Crippen LogP contribution is -2.41. The summed E-state index contributed by atoms with van der Waals surface area (Å²) >= 11 is 6.44. The lowest BCUT2D eigenvalue weighted by atomic mass is 9.86. The molecule has 0 N–H and O–H groups in total. The van der Waals surface area contributed by atoms with E-state index in [1.165, 1.54) is 0 Å². The van der Waals surface area contributed by atoms with Crippen molar-refractivity contribution in [2.45, 2.75) is 26.3 Å². The largest absolute Gasteiger partial charge is 0.497 e. The quantitative estimate of drug-likeness (QED) is 0.405. The molecule has 178 valence electrons. The van der Waals surface area contributed by atoms with Crippen molar-refractivity contribution >= 4 is 23.2 Å². The van der Waals surface area contributed by atoms with E-state index in [0.29, 0.717) is 41.2 Å². The summed E-state index contributed by atoms with van der Waals surface area (Å²) in [5, 5.41) is 0.439. The van der Waals surface area contributed by atoms with Gasteiger partial charge in [-0.3, -0.25) is 4.79 Å². The van der Waals surface area contributed by atoms with Gasteiger partial charge in [0.25, 0.3) is 0 Å². The zero-order valence-electron chi connectivity index (χ0n) is 19.8. The van der Waals surface area contributed by atoms with E-state index in [-0.39, 0.29) is 18.4 Å². The normalized spacial score (nSPS) is 15.0. The number of halogens is 1. The van der Waals surface area contributed by atoms with E-state index in [4.69, 9.17) is 30.5 Å². The molecule has 0 aliphatic carbocycles. The van der Waals surface area contributed by atoms with Gasteiger partial charge in [-0.2, -0.15) is 0 Å². The summed E-state index contributed by atoms with van der Waals surface area (Å²) in [6.07, 6.45) is 0.234. The highest BCUT2D eigenvalue weighted by molar-refractivity contribution is 6.32. The van der Waals surface area contributed by atoms with Crippen LogP contribution in [-0.4, -0.2) is 33.3 Å². The van der Waals surface area contributed by atoms with Crippen LogP contribution in [0.1, 0.15) is 36.6 Å². The van der Waals surface area contributed by atoms with Crippen LogP contribution in [0.3, 0.4) is 0 Å². The minimum atomic E-state index is -0.387. The molecule has 1 aliphatic rings. The zero-order valence-corrected chi connectivity index (χ0v) is 20.5. The lowest BCUT2D eigenvalue weighted by Gasteiger charge is -2.38. The van der Waals surface area contributed by atoms with Crippen molar-refractivity contribution in [3.8, 4) is 23.0 Å². The van der Waals surface area contributed by atoms with E-state index in [1.807, 2.05) is 56.3 Å². The Hall–Kier alpha value is -3.38. The first kappa shape index (κ1) is 23.8. The molecule has 1 heterocycles. The van der Waals surface area contributed by atoms with Crippen LogP contribution < -0.4 is 23.8 Å². The van der Waals surface area contributed by atoms with Crippen LogP contribution in [0.4, 0.5) is 5.69 Å². The maximum absolute atomic E-state index is 13.6. The lowest BCUT2D eigenvalue weighted by molar-refractivity contribution is -0.118. The standard InChI is InChI=1S/C27H28ClNO5/c1-5-33-24-13-18-14-26(30)29(19-9-12-23(32-4)22(28)15-19)27(21(18)16-25(24)34-6-2)17-7-10-20(31-3)11-8-17/h7-13,15-16,27H,5-6,14H2,1-4H3. The molecule has 0 fully saturated rings. The van der Waals surface area contributed by atoms with Crippen LogP contribution in [0.15, 0.2) is 54.6 Å². The molecular formula is C27H28ClNO5. The zero-order chi connectivity index (χ0) is 24.2. The van der Waals surface area contributed by atoms with Crippen LogP contribution in [0.2, 0.25) is 5.02 Å². The molecule has 1 amide bonds. The molecule has 0 saturated carbocycles. The third kappa shape index (κ3) is 4.50. The van der Waals surface area contributed by atoms with Crippen molar-refractivity contribution < 1.29 is 23.7 Å². The van der Waals surface area contributed by atoms with E-state index in [1.54, 1.807) is 31.3 Å². The first-order valence-corrected chi connectivity index (χ1v) is 11.6. The molecule has 6 nitrogen and oxygen atoms in total. The minimum absolute atomic E-state index is 0.0406. The fraction of sp³-hybridized carbons (Fsp3) is 0.296. The van der Waals surface area contributed by atoms with Crippen LogP contribution in [-0.2, 0) is 11.2 Å². The van der Waals surface area contributed by atoms with E-state index in [2.05, 4.69) is 0 Å². The smallest absolute Gasteiger partial charge is 0.232 e. The highest BCUT2D eigenvalue weighted by Gasteiger charge is 2.36. The first-order valence-electron chi connectivity index (χ1n) is 11.2. The summed E-state index contributed by atoms with van der Waals surface area (Å²) in [5.41, 5.74) is 3.51. The number of hydrogen-bond acceptors (Lipinski definition) is 5. The maximum atomic E-state index is 13.6. The summed E-state index contributed by atoms with van der Waals surface area (Å²) in [6.45, 7) is 4.87. The average Bonchev–Trinajstić information content (AvgIpc) is 2.84. The summed E-state index contributed by atoms with van der Waals surface area (Å²) in [5.74, 6) is 2.55. The number of carbonyl (C=O) groups excluding carboxylic acids is 1. The van der Waals surface area contributed by atoms with Gasteiger partial charge in [0, 0.05) is 5.69 Å². The first-order chi connectivity index (χ1) is 16.5. The number of anilines is 1. The number of methoxy groups -OCH3 is 2. The third-order valence-electron chi connectivity index (χ3n) is 5.81. The van der Waals surface area contributed by atoms with Gasteiger partial charge in [0.1, 0.15) is 11.5 Å². The number of fused-ring (bicyclic) bond motifs is 1. The summed E-state index contributed by atoms with van der Waals surface area (Å²) in [6, 6.07) is 16.6. The molecular weight excluding hydrogens is 454 g/mol. The van der Waals surface area contributed by atoms with Gasteiger partial charge in [-0.05, 0) is 73.0 Å². The van der Waals surface area contributed by atoms with Crippen LogP contribution in [0, 0.1) is 0 Å². The molecule has 4 rings (SSSR count). The highest BCUT2D eigenvalue weighted by Crippen LogP contribution is 2.44. The number of carbonyl (C=O) groups is 1. The SMILES string of the molecule is CCOc1cc2c(cc1OCC)C(c1ccc(OC)cc1)N(c1ccc(OC)c(Cl)c1)C(=O)C2. The fourth-order valence-corrected chi connectivity index (χ4v) is 4.56. The Morgan fingerprint density at radius 2 is 1.56 bits per heavy atom. The van der Waals surface area contributed by atoms with Gasteiger partial charge in [0.15, 0.2) is 11.5 Å². The Morgan fingerprint density at radius 3 is 2.15 bits per heavy atom. The van der Waals surface area contributed by atoms with Gasteiger partial charge >= 0.3 is 0 Å². The topological polar surface area (TPSA) is 57.2 Å². The number of ether oxygens (including phenoxy) is 4. The molecule has 7 heteroatoms. The van der Waals surface area contributed by atoms with E-state index < -0.39 is 0 Å². The van der Waals surface area contributed by atoms with Crippen molar-refractivity contribution in [3.63, 3.8) is 0 Å². The van der Waals surface area contributed by atoms with Gasteiger partial charge in [0.2, 0.25) is 5.91 Å². The Bertz CT molecular complexity index is 1180. The van der Waals surface area contributed by atoms with Gasteiger partial charge in [0.05, 0.1) is 44.9 Å². The Balaban J connectivity index is 1.91. The Kier molecular flexibility index (Phi) is 7.17. The van der Waals surface area contributed by atoms with Crippen LogP contribution >= 0.6 is 11.6 Å². The highest BCUT2D eigenvalue weighted by atomic mass is 35.5. The van der Waals surface area contributed by atoms with Crippen molar-refractivity contribution in [3.05, 3.63) is 76.3 Å². The monoisotopic (exact) mass is 481 g/mol. The Labute approximate surface area is 205 Å². The predicted octanol–water partition coefficient (Wildman–Crippen LogP) is 5.83. The maximum Gasteiger partial charge on any atom is 0.232 e. The second-order valence-corrected chi connectivity index (χ2v) is 8.21. The molecule has 1 unspecified atom stereocenters. The Morgan fingerprint density at radius 1 is 0.882 bits per heavy atom. The number of amides is 1. The molecule has 0 spiro atoms. The second-order valence-electron chi connectivity index (χ2n) is 7.80. The molecule has 1 atom stereocenters. The van der Waals surface area contributed by atoms with Gasteiger partial charge in [-0.1, -0.05) is 23.7 Å². The van der Waals surface area contributed by atoms with E-state index >= 15 is 0 Å². The molecule has 0 radical (unpaired) electrons. The van der Waals surface area contributed by atoms with Gasteiger partial charge in [-0.25, -0.2) is 0 Å². The number of rotatable bonds is 8. The molecule has 34 heavy (non-hydrogen) atoms. The third-order valence-corrected chi connectivity index (χ3v) is 6.11. The van der Waals surface area contributed by atoms with Gasteiger partial charge in [-0.15, -0.1) is 0 Å². The van der Waals surface area contributed by atoms with Crippen molar-refractivity contribution in [1.29, 1.82) is 0 Å².